The molecule has 1 aromatic rings. The van der Waals surface area contributed by atoms with E-state index in [0.717, 1.165) is 35.3 Å². The van der Waals surface area contributed by atoms with E-state index in [9.17, 15) is 19.2 Å². The van der Waals surface area contributed by atoms with Crippen LogP contribution < -0.4 is 10.6 Å². The molecule has 2 aliphatic rings. The Labute approximate surface area is 163 Å². The van der Waals surface area contributed by atoms with Crippen LogP contribution in [-0.2, 0) is 25.5 Å². The molecule has 8 nitrogen and oxygen atoms in total. The van der Waals surface area contributed by atoms with Gasteiger partial charge >= 0.3 is 12.0 Å². The number of ether oxygens (including phenoxy) is 1. The molecule has 1 aromatic carbocycles. The van der Waals surface area contributed by atoms with Crippen molar-refractivity contribution in [1.82, 2.24) is 10.2 Å². The molecule has 1 saturated heterocycles. The summed E-state index contributed by atoms with van der Waals surface area (Å²) in [6.07, 6.45) is 2.50. The number of aryl methyl sites for hydroxylation is 2. The number of nitrogens with zero attached hydrogens (tertiary/aromatic N) is 1. The highest BCUT2D eigenvalue weighted by molar-refractivity contribution is 6.09. The van der Waals surface area contributed by atoms with Crippen molar-refractivity contribution >= 4 is 29.5 Å². The molecule has 3 rings (SSSR count). The minimum Gasteiger partial charge on any atom is -0.454 e. The molecule has 0 spiro atoms. The van der Waals surface area contributed by atoms with Gasteiger partial charge < -0.3 is 15.4 Å². The predicted molar refractivity (Wildman–Crippen MR) is 102 cm³/mol. The van der Waals surface area contributed by atoms with Gasteiger partial charge in [-0.1, -0.05) is 25.1 Å². The summed E-state index contributed by atoms with van der Waals surface area (Å²) in [5.41, 5.74) is 1.66. The summed E-state index contributed by atoms with van der Waals surface area (Å²) < 4.78 is 4.97. The lowest BCUT2D eigenvalue weighted by Crippen LogP contribution is -2.46. The Balaban J connectivity index is 1.53. The molecule has 0 radical (unpaired) electrons. The number of urea groups is 1. The Morgan fingerprint density at radius 3 is 2.68 bits per heavy atom. The molecule has 1 aliphatic heterocycles. The zero-order valence-electron chi connectivity index (χ0n) is 16.3. The molecular formula is C20H25N3O5. The lowest BCUT2D eigenvalue weighted by molar-refractivity contribution is -0.150. The first-order chi connectivity index (χ1) is 13.3. The molecule has 1 aliphatic carbocycles. The van der Waals surface area contributed by atoms with E-state index in [4.69, 9.17) is 4.74 Å². The molecular weight excluding hydrogens is 362 g/mol. The number of anilines is 1. The van der Waals surface area contributed by atoms with Gasteiger partial charge in [-0.15, -0.1) is 0 Å². The highest BCUT2D eigenvalue weighted by atomic mass is 16.5. The number of esters is 1. The van der Waals surface area contributed by atoms with Gasteiger partial charge in [0.25, 0.3) is 11.8 Å². The van der Waals surface area contributed by atoms with E-state index in [-0.39, 0.29) is 5.92 Å². The van der Waals surface area contributed by atoms with Crippen LogP contribution in [0.1, 0.15) is 37.8 Å². The highest BCUT2D eigenvalue weighted by Crippen LogP contribution is 2.42. The summed E-state index contributed by atoms with van der Waals surface area (Å²) in [7, 11) is 0. The zero-order valence-corrected chi connectivity index (χ0v) is 16.3. The molecule has 0 unspecified atom stereocenters. The van der Waals surface area contributed by atoms with Crippen molar-refractivity contribution < 1.29 is 23.9 Å². The third kappa shape index (κ3) is 3.85. The smallest absolute Gasteiger partial charge is 0.326 e. The molecule has 0 bridgehead atoms. The van der Waals surface area contributed by atoms with Gasteiger partial charge in [0.1, 0.15) is 12.1 Å². The first-order valence-electron chi connectivity index (χ1n) is 9.44. The summed E-state index contributed by atoms with van der Waals surface area (Å²) in [5.74, 6) is -1.59. The summed E-state index contributed by atoms with van der Waals surface area (Å²) in [6, 6.07) is 5.11. The van der Waals surface area contributed by atoms with Crippen molar-refractivity contribution in [2.24, 2.45) is 5.92 Å². The standard InChI is InChI=1S/C20H25N3O5/c1-4-13-7-5-6-12(2)17(13)21-15(24)11-28-16(25)10-23-18(26)20(3,14-8-9-14)22-19(23)27/h5-7,14H,4,8-11H2,1-3H3,(H,21,24)(H,22,27)/t20-/m1/s1. The Kier molecular flexibility index (Phi) is 5.40. The number of rotatable bonds is 7. The molecule has 1 atom stereocenters. The molecule has 8 heteroatoms. The van der Waals surface area contributed by atoms with Gasteiger partial charge in [-0.05, 0) is 50.2 Å². The SMILES string of the molecule is CCc1cccc(C)c1NC(=O)COC(=O)CN1C(=O)N[C@](C)(C2CC2)C1=O. The van der Waals surface area contributed by atoms with Gasteiger partial charge in [0.2, 0.25) is 0 Å². The summed E-state index contributed by atoms with van der Waals surface area (Å²) in [4.78, 5) is 49.6. The van der Waals surface area contributed by atoms with Gasteiger partial charge in [-0.2, -0.15) is 0 Å². The number of para-hydroxylation sites is 1. The molecule has 1 heterocycles. The number of benzene rings is 1. The van der Waals surface area contributed by atoms with Crippen LogP contribution in [0.25, 0.3) is 0 Å². The number of carbonyl (C=O) groups is 4. The van der Waals surface area contributed by atoms with Crippen molar-refractivity contribution in [3.8, 4) is 0 Å². The van der Waals surface area contributed by atoms with Crippen molar-refractivity contribution in [1.29, 1.82) is 0 Å². The van der Waals surface area contributed by atoms with Gasteiger partial charge in [0.05, 0.1) is 0 Å². The predicted octanol–water partition coefficient (Wildman–Crippen LogP) is 1.76. The van der Waals surface area contributed by atoms with E-state index in [1.807, 2.05) is 32.0 Å². The summed E-state index contributed by atoms with van der Waals surface area (Å²) in [5, 5.41) is 5.42. The molecule has 150 valence electrons. The summed E-state index contributed by atoms with van der Waals surface area (Å²) >= 11 is 0. The lowest BCUT2D eigenvalue weighted by atomic mass is 9.96. The Morgan fingerprint density at radius 1 is 1.32 bits per heavy atom. The van der Waals surface area contributed by atoms with E-state index in [1.54, 1.807) is 6.92 Å². The van der Waals surface area contributed by atoms with Gasteiger partial charge in [-0.3, -0.25) is 19.3 Å². The fourth-order valence-electron chi connectivity index (χ4n) is 3.49. The van der Waals surface area contributed by atoms with E-state index < -0.39 is 42.5 Å². The van der Waals surface area contributed by atoms with Crippen molar-refractivity contribution in [2.75, 3.05) is 18.5 Å². The Hall–Kier alpha value is -2.90. The Morgan fingerprint density at radius 2 is 2.04 bits per heavy atom. The quantitative estimate of drug-likeness (QED) is 0.548. The topological polar surface area (TPSA) is 105 Å². The fraction of sp³-hybridized carbons (Fsp3) is 0.500. The van der Waals surface area contributed by atoms with Gasteiger partial charge in [0, 0.05) is 5.69 Å². The number of carbonyl (C=O) groups excluding carboxylic acids is 4. The first-order valence-corrected chi connectivity index (χ1v) is 9.44. The molecule has 4 amide bonds. The second-order valence-electron chi connectivity index (χ2n) is 7.47. The maximum atomic E-state index is 12.5. The van der Waals surface area contributed by atoms with Crippen LogP contribution in [0.4, 0.5) is 10.5 Å². The third-order valence-electron chi connectivity index (χ3n) is 5.35. The molecule has 28 heavy (non-hydrogen) atoms. The average Bonchev–Trinajstić information content (AvgIpc) is 3.48. The molecule has 2 fully saturated rings. The van der Waals surface area contributed by atoms with Crippen LogP contribution >= 0.6 is 0 Å². The number of imide groups is 1. The minimum atomic E-state index is -0.948. The van der Waals surface area contributed by atoms with Crippen LogP contribution in [0.15, 0.2) is 18.2 Å². The number of nitrogens with one attached hydrogen (secondary N) is 2. The second kappa shape index (κ2) is 7.61. The average molecular weight is 387 g/mol. The highest BCUT2D eigenvalue weighted by Gasteiger charge is 2.56. The van der Waals surface area contributed by atoms with Crippen LogP contribution in [0, 0.1) is 12.8 Å². The van der Waals surface area contributed by atoms with Crippen LogP contribution in [0.5, 0.6) is 0 Å². The molecule has 1 saturated carbocycles. The first kappa shape index (κ1) is 19.9. The van der Waals surface area contributed by atoms with Crippen LogP contribution in [-0.4, -0.2) is 47.4 Å². The van der Waals surface area contributed by atoms with Crippen molar-refractivity contribution in [3.63, 3.8) is 0 Å². The fourth-order valence-corrected chi connectivity index (χ4v) is 3.49. The number of amides is 4. The van der Waals surface area contributed by atoms with Crippen molar-refractivity contribution in [2.45, 2.75) is 45.6 Å². The van der Waals surface area contributed by atoms with Crippen LogP contribution in [0.2, 0.25) is 0 Å². The van der Waals surface area contributed by atoms with Gasteiger partial charge in [0.15, 0.2) is 6.61 Å². The van der Waals surface area contributed by atoms with E-state index in [1.165, 1.54) is 0 Å². The molecule has 0 aromatic heterocycles. The Bertz CT molecular complexity index is 833. The van der Waals surface area contributed by atoms with Gasteiger partial charge in [-0.25, -0.2) is 4.79 Å². The van der Waals surface area contributed by atoms with E-state index in [0.29, 0.717) is 5.69 Å². The maximum Gasteiger partial charge on any atom is 0.326 e. The zero-order chi connectivity index (χ0) is 20.5. The molecule has 2 N–H and O–H groups in total. The number of hydrogen-bond donors (Lipinski definition) is 2. The second-order valence-corrected chi connectivity index (χ2v) is 7.47. The third-order valence-corrected chi connectivity index (χ3v) is 5.35. The lowest BCUT2D eigenvalue weighted by Gasteiger charge is -2.20. The van der Waals surface area contributed by atoms with E-state index in [2.05, 4.69) is 10.6 Å². The van der Waals surface area contributed by atoms with Crippen LogP contribution in [0.3, 0.4) is 0 Å². The minimum absolute atomic E-state index is 0.109. The largest absolute Gasteiger partial charge is 0.454 e. The maximum absolute atomic E-state index is 12.5. The van der Waals surface area contributed by atoms with Crippen molar-refractivity contribution in [3.05, 3.63) is 29.3 Å². The monoisotopic (exact) mass is 387 g/mol. The number of hydrogen-bond acceptors (Lipinski definition) is 5. The summed E-state index contributed by atoms with van der Waals surface area (Å²) in [6.45, 7) is 4.55. The normalized spacial score (nSPS) is 21.5. The van der Waals surface area contributed by atoms with E-state index >= 15 is 0 Å².